The Balaban J connectivity index is 1.88. The Hall–Kier alpha value is 0.270. The quantitative estimate of drug-likeness (QED) is 0.800. The maximum absolute atomic E-state index is 9.58. The Morgan fingerprint density at radius 1 is 1.40 bits per heavy atom. The van der Waals surface area contributed by atoms with Gasteiger partial charge in [0.15, 0.2) is 0 Å². The van der Waals surface area contributed by atoms with Crippen LogP contribution in [0.4, 0.5) is 0 Å². The van der Waals surface area contributed by atoms with Crippen molar-refractivity contribution in [2.75, 3.05) is 32.0 Å². The van der Waals surface area contributed by atoms with E-state index in [0.29, 0.717) is 6.61 Å². The number of thioether (sulfide) groups is 1. The molecule has 2 nitrogen and oxygen atoms in total. The topological polar surface area (TPSA) is 23.5 Å². The van der Waals surface area contributed by atoms with Gasteiger partial charge < -0.3 is 10.0 Å². The van der Waals surface area contributed by atoms with Crippen molar-refractivity contribution in [3.63, 3.8) is 0 Å². The zero-order valence-corrected chi connectivity index (χ0v) is 10.6. The van der Waals surface area contributed by atoms with Crippen LogP contribution < -0.4 is 0 Å². The number of nitrogens with zero attached hydrogens (tertiary/aromatic N) is 1. The molecule has 1 unspecified atom stereocenters. The van der Waals surface area contributed by atoms with Crippen LogP contribution in [0.25, 0.3) is 0 Å². The zero-order valence-electron chi connectivity index (χ0n) is 9.74. The van der Waals surface area contributed by atoms with Crippen molar-refractivity contribution in [1.82, 2.24) is 4.90 Å². The fraction of sp³-hybridized carbons (Fsp3) is 1.00. The second-order valence-corrected chi connectivity index (χ2v) is 6.83. The fourth-order valence-electron chi connectivity index (χ4n) is 3.00. The zero-order chi connectivity index (χ0) is 10.7. The first-order valence-electron chi connectivity index (χ1n) is 6.19. The molecule has 0 bridgehead atoms. The summed E-state index contributed by atoms with van der Waals surface area (Å²) in [4.78, 5) is 2.57. The molecule has 0 aromatic carbocycles. The van der Waals surface area contributed by atoms with Gasteiger partial charge in [0, 0.05) is 42.7 Å². The summed E-state index contributed by atoms with van der Waals surface area (Å²) < 4.78 is 0. The molecule has 0 aromatic heterocycles. The van der Waals surface area contributed by atoms with E-state index >= 15 is 0 Å². The molecule has 2 aliphatic rings. The lowest BCUT2D eigenvalue weighted by atomic mass is 9.86. The number of hydrogen-bond donors (Lipinski definition) is 1. The second-order valence-electron chi connectivity index (χ2n) is 5.28. The van der Waals surface area contributed by atoms with Crippen molar-refractivity contribution in [2.45, 2.75) is 37.9 Å². The van der Waals surface area contributed by atoms with E-state index in [1.807, 2.05) is 0 Å². The van der Waals surface area contributed by atoms with Crippen molar-refractivity contribution < 1.29 is 5.11 Å². The monoisotopic (exact) mass is 229 g/mol. The van der Waals surface area contributed by atoms with Crippen LogP contribution in [0.3, 0.4) is 0 Å². The minimum atomic E-state index is 0.252. The van der Waals surface area contributed by atoms with Crippen LogP contribution in [-0.2, 0) is 0 Å². The second kappa shape index (κ2) is 5.07. The van der Waals surface area contributed by atoms with Gasteiger partial charge in [-0.3, -0.25) is 0 Å². The molecule has 2 fully saturated rings. The van der Waals surface area contributed by atoms with E-state index < -0.39 is 0 Å². The summed E-state index contributed by atoms with van der Waals surface area (Å²) in [5.74, 6) is 1.27. The highest BCUT2D eigenvalue weighted by molar-refractivity contribution is 7.99. The summed E-state index contributed by atoms with van der Waals surface area (Å²) in [6, 6.07) is 0. The van der Waals surface area contributed by atoms with E-state index in [9.17, 15) is 5.11 Å². The van der Waals surface area contributed by atoms with Crippen molar-refractivity contribution >= 4 is 11.8 Å². The SMILES string of the molecule is CC1CN(CC2(CO)CCCC2)CCS1. The third-order valence-corrected chi connectivity index (χ3v) is 5.02. The molecule has 1 aliphatic heterocycles. The smallest absolute Gasteiger partial charge is 0.0499 e. The maximum atomic E-state index is 9.58. The lowest BCUT2D eigenvalue weighted by molar-refractivity contribution is 0.0802. The molecule has 2 rings (SSSR count). The molecule has 1 saturated carbocycles. The number of rotatable bonds is 3. The highest BCUT2D eigenvalue weighted by Crippen LogP contribution is 2.38. The number of aliphatic hydroxyl groups is 1. The lowest BCUT2D eigenvalue weighted by Crippen LogP contribution is -2.44. The summed E-state index contributed by atoms with van der Waals surface area (Å²) >= 11 is 2.08. The average Bonchev–Trinajstić information content (AvgIpc) is 2.67. The molecular formula is C12H23NOS. The Labute approximate surface area is 97.4 Å². The Kier molecular flexibility index (Phi) is 3.97. The first kappa shape index (κ1) is 11.7. The van der Waals surface area contributed by atoms with Gasteiger partial charge in [-0.2, -0.15) is 11.8 Å². The van der Waals surface area contributed by atoms with Crippen molar-refractivity contribution in [2.24, 2.45) is 5.41 Å². The van der Waals surface area contributed by atoms with Gasteiger partial charge in [0.05, 0.1) is 0 Å². The summed E-state index contributed by atoms with van der Waals surface area (Å²) in [5, 5.41) is 10.4. The molecule has 3 heteroatoms. The van der Waals surface area contributed by atoms with Crippen molar-refractivity contribution in [3.05, 3.63) is 0 Å². The lowest BCUT2D eigenvalue weighted by Gasteiger charge is -2.37. The first-order valence-corrected chi connectivity index (χ1v) is 7.24. The van der Waals surface area contributed by atoms with Crippen LogP contribution in [0.15, 0.2) is 0 Å². The molecule has 88 valence electrons. The highest BCUT2D eigenvalue weighted by atomic mass is 32.2. The van der Waals surface area contributed by atoms with E-state index in [4.69, 9.17) is 0 Å². The predicted octanol–water partition coefficient (Wildman–Crippen LogP) is 1.98. The molecule has 0 spiro atoms. The summed E-state index contributed by atoms with van der Waals surface area (Å²) in [6.45, 7) is 6.28. The Morgan fingerprint density at radius 2 is 2.13 bits per heavy atom. The van der Waals surface area contributed by atoms with Crippen LogP contribution in [0.1, 0.15) is 32.6 Å². The molecule has 1 aliphatic carbocycles. The molecule has 0 radical (unpaired) electrons. The molecule has 1 saturated heterocycles. The summed E-state index contributed by atoms with van der Waals surface area (Å²) in [5.41, 5.74) is 0.252. The maximum Gasteiger partial charge on any atom is 0.0499 e. The standard InChI is InChI=1S/C12H23NOS/c1-11-8-13(6-7-15-11)9-12(10-14)4-2-3-5-12/h11,14H,2-10H2,1H3. The number of hydrogen-bond acceptors (Lipinski definition) is 3. The van der Waals surface area contributed by atoms with Gasteiger partial charge in [0.25, 0.3) is 0 Å². The third-order valence-electron chi connectivity index (χ3n) is 3.88. The average molecular weight is 229 g/mol. The molecule has 1 heterocycles. The van der Waals surface area contributed by atoms with Crippen molar-refractivity contribution in [3.8, 4) is 0 Å². The van der Waals surface area contributed by atoms with Gasteiger partial charge >= 0.3 is 0 Å². The van der Waals surface area contributed by atoms with Crippen LogP contribution >= 0.6 is 11.8 Å². The highest BCUT2D eigenvalue weighted by Gasteiger charge is 2.35. The predicted molar refractivity (Wildman–Crippen MR) is 66.3 cm³/mol. The van der Waals surface area contributed by atoms with E-state index in [-0.39, 0.29) is 5.41 Å². The molecule has 1 N–H and O–H groups in total. The van der Waals surface area contributed by atoms with Gasteiger partial charge in [-0.1, -0.05) is 19.8 Å². The van der Waals surface area contributed by atoms with Gasteiger partial charge in [0.2, 0.25) is 0 Å². The van der Waals surface area contributed by atoms with E-state index in [1.165, 1.54) is 44.5 Å². The molecule has 0 amide bonds. The van der Waals surface area contributed by atoms with Crippen LogP contribution in [0, 0.1) is 5.41 Å². The molecule has 15 heavy (non-hydrogen) atoms. The van der Waals surface area contributed by atoms with Crippen LogP contribution in [0.2, 0.25) is 0 Å². The van der Waals surface area contributed by atoms with Gasteiger partial charge in [-0.05, 0) is 12.8 Å². The Bertz CT molecular complexity index is 204. The molecule has 1 atom stereocenters. The first-order chi connectivity index (χ1) is 7.24. The van der Waals surface area contributed by atoms with Crippen LogP contribution in [0.5, 0.6) is 0 Å². The minimum Gasteiger partial charge on any atom is -0.396 e. The van der Waals surface area contributed by atoms with E-state index in [2.05, 4.69) is 23.6 Å². The third kappa shape index (κ3) is 2.89. The van der Waals surface area contributed by atoms with Gasteiger partial charge in [0.1, 0.15) is 0 Å². The normalized spacial score (nSPS) is 32.0. The van der Waals surface area contributed by atoms with Crippen LogP contribution in [-0.4, -0.2) is 47.3 Å². The van der Waals surface area contributed by atoms with E-state index in [0.717, 1.165) is 11.8 Å². The fourth-order valence-corrected chi connectivity index (χ4v) is 4.08. The number of aliphatic hydroxyl groups excluding tert-OH is 1. The van der Waals surface area contributed by atoms with Gasteiger partial charge in [-0.15, -0.1) is 0 Å². The van der Waals surface area contributed by atoms with Gasteiger partial charge in [-0.25, -0.2) is 0 Å². The molecule has 0 aromatic rings. The minimum absolute atomic E-state index is 0.252. The molecular weight excluding hydrogens is 206 g/mol. The summed E-state index contributed by atoms with van der Waals surface area (Å²) in [6.07, 6.45) is 5.11. The summed E-state index contributed by atoms with van der Waals surface area (Å²) in [7, 11) is 0. The largest absolute Gasteiger partial charge is 0.396 e. The van der Waals surface area contributed by atoms with Crippen molar-refractivity contribution in [1.29, 1.82) is 0 Å². The Morgan fingerprint density at radius 3 is 2.73 bits per heavy atom. The van der Waals surface area contributed by atoms with E-state index in [1.54, 1.807) is 0 Å².